The summed E-state index contributed by atoms with van der Waals surface area (Å²) in [6.45, 7) is 2.64. The van der Waals surface area contributed by atoms with Crippen molar-refractivity contribution in [2.75, 3.05) is 25.1 Å². The van der Waals surface area contributed by atoms with E-state index in [1.807, 2.05) is 6.92 Å². The number of rotatable bonds is 6. The van der Waals surface area contributed by atoms with Crippen molar-refractivity contribution in [2.45, 2.75) is 32.2 Å². The number of amides is 2. The predicted molar refractivity (Wildman–Crippen MR) is 67.0 cm³/mol. The molecule has 1 aliphatic rings. The van der Waals surface area contributed by atoms with Crippen LogP contribution in [-0.2, 0) is 20.4 Å². The van der Waals surface area contributed by atoms with Crippen LogP contribution in [0.3, 0.4) is 0 Å². The van der Waals surface area contributed by atoms with Crippen LogP contribution in [0.5, 0.6) is 0 Å². The first-order chi connectivity index (χ1) is 8.04. The van der Waals surface area contributed by atoms with Crippen molar-refractivity contribution >= 4 is 22.6 Å². The van der Waals surface area contributed by atoms with Crippen molar-refractivity contribution in [2.24, 2.45) is 0 Å². The predicted octanol–water partition coefficient (Wildman–Crippen LogP) is -0.118. The fraction of sp³-hybridized carbons (Fsp3) is 0.818. The molecule has 6 heteroatoms. The Labute approximate surface area is 104 Å². The van der Waals surface area contributed by atoms with E-state index in [4.69, 9.17) is 0 Å². The van der Waals surface area contributed by atoms with E-state index < -0.39 is 10.8 Å². The summed E-state index contributed by atoms with van der Waals surface area (Å²) in [5, 5.41) is 2.71. The van der Waals surface area contributed by atoms with Crippen molar-refractivity contribution in [1.82, 2.24) is 10.2 Å². The number of carbonyl (C=O) groups excluding carboxylic acids is 2. The van der Waals surface area contributed by atoms with Gasteiger partial charge in [0.25, 0.3) is 0 Å². The fourth-order valence-electron chi connectivity index (χ4n) is 1.91. The van der Waals surface area contributed by atoms with Crippen molar-refractivity contribution in [3.05, 3.63) is 0 Å². The SMILES string of the molecule is CCCC1NC(=O)CN(CCCS(C)=O)C1=O. The Hall–Kier alpha value is -0.910. The van der Waals surface area contributed by atoms with Crippen LogP contribution in [0.1, 0.15) is 26.2 Å². The Kier molecular flexibility index (Phi) is 5.61. The van der Waals surface area contributed by atoms with Crippen LogP contribution in [0.25, 0.3) is 0 Å². The lowest BCUT2D eigenvalue weighted by molar-refractivity contribution is -0.144. The molecule has 0 aromatic heterocycles. The molecule has 1 fully saturated rings. The second-order valence-electron chi connectivity index (χ2n) is 4.30. The summed E-state index contributed by atoms with van der Waals surface area (Å²) in [6, 6.07) is -0.367. The van der Waals surface area contributed by atoms with Crippen LogP contribution in [0.4, 0.5) is 0 Å². The molecule has 1 rings (SSSR count). The molecular formula is C11H20N2O3S. The monoisotopic (exact) mass is 260 g/mol. The van der Waals surface area contributed by atoms with Crippen LogP contribution in [0.15, 0.2) is 0 Å². The third kappa shape index (κ3) is 4.46. The van der Waals surface area contributed by atoms with Crippen molar-refractivity contribution in [3.63, 3.8) is 0 Å². The third-order valence-electron chi connectivity index (χ3n) is 2.72. The minimum absolute atomic E-state index is 0.00617. The van der Waals surface area contributed by atoms with Crippen LogP contribution >= 0.6 is 0 Å². The first kappa shape index (κ1) is 14.2. The highest BCUT2D eigenvalue weighted by atomic mass is 32.2. The molecule has 0 radical (unpaired) electrons. The topological polar surface area (TPSA) is 66.5 Å². The Morgan fingerprint density at radius 2 is 2.18 bits per heavy atom. The Morgan fingerprint density at radius 3 is 2.76 bits per heavy atom. The molecule has 1 aliphatic heterocycles. The second kappa shape index (κ2) is 6.74. The smallest absolute Gasteiger partial charge is 0.245 e. The zero-order valence-corrected chi connectivity index (χ0v) is 11.2. The number of carbonyl (C=O) groups is 2. The molecule has 5 nitrogen and oxygen atoms in total. The van der Waals surface area contributed by atoms with E-state index in [1.54, 1.807) is 11.2 Å². The largest absolute Gasteiger partial charge is 0.343 e. The molecule has 2 amide bonds. The van der Waals surface area contributed by atoms with Gasteiger partial charge in [-0.3, -0.25) is 13.8 Å². The molecule has 0 bridgehead atoms. The van der Waals surface area contributed by atoms with Gasteiger partial charge in [0.2, 0.25) is 11.8 Å². The summed E-state index contributed by atoms with van der Waals surface area (Å²) in [5.74, 6) is 0.470. The van der Waals surface area contributed by atoms with E-state index in [2.05, 4.69) is 5.32 Å². The lowest BCUT2D eigenvalue weighted by atomic mass is 10.1. The molecule has 2 atom stereocenters. The number of piperazine rings is 1. The molecule has 17 heavy (non-hydrogen) atoms. The average Bonchev–Trinajstić information content (AvgIpc) is 2.24. The summed E-state index contributed by atoms with van der Waals surface area (Å²) < 4.78 is 10.9. The van der Waals surface area contributed by atoms with Gasteiger partial charge in [0.05, 0.1) is 6.54 Å². The Morgan fingerprint density at radius 1 is 1.47 bits per heavy atom. The van der Waals surface area contributed by atoms with Gasteiger partial charge in [-0.1, -0.05) is 13.3 Å². The molecule has 2 unspecified atom stereocenters. The minimum atomic E-state index is -0.841. The maximum atomic E-state index is 12.0. The zero-order valence-electron chi connectivity index (χ0n) is 10.4. The standard InChI is InChI=1S/C11H20N2O3S/c1-3-5-9-11(15)13(8-10(14)12-9)6-4-7-17(2)16/h9H,3-8H2,1-2H3,(H,12,14). The summed E-state index contributed by atoms with van der Waals surface area (Å²) >= 11 is 0. The van der Waals surface area contributed by atoms with Gasteiger partial charge in [-0.05, 0) is 12.8 Å². The van der Waals surface area contributed by atoms with Gasteiger partial charge in [0.1, 0.15) is 6.04 Å². The van der Waals surface area contributed by atoms with Crippen molar-refractivity contribution in [1.29, 1.82) is 0 Å². The summed E-state index contributed by atoms with van der Waals surface area (Å²) in [6.07, 6.45) is 3.87. The molecule has 0 spiro atoms. The Bertz CT molecular complexity index is 320. The maximum absolute atomic E-state index is 12.0. The molecule has 1 heterocycles. The van der Waals surface area contributed by atoms with Gasteiger partial charge in [-0.15, -0.1) is 0 Å². The molecule has 1 saturated heterocycles. The first-order valence-electron chi connectivity index (χ1n) is 5.92. The van der Waals surface area contributed by atoms with E-state index in [0.29, 0.717) is 25.1 Å². The minimum Gasteiger partial charge on any atom is -0.343 e. The number of nitrogens with one attached hydrogen (secondary N) is 1. The Balaban J connectivity index is 2.49. The van der Waals surface area contributed by atoms with E-state index in [0.717, 1.165) is 6.42 Å². The number of hydrogen-bond donors (Lipinski definition) is 1. The van der Waals surface area contributed by atoms with Gasteiger partial charge in [0, 0.05) is 29.4 Å². The maximum Gasteiger partial charge on any atom is 0.245 e. The van der Waals surface area contributed by atoms with Gasteiger partial charge in [-0.2, -0.15) is 0 Å². The van der Waals surface area contributed by atoms with E-state index >= 15 is 0 Å². The van der Waals surface area contributed by atoms with Gasteiger partial charge in [-0.25, -0.2) is 0 Å². The molecule has 0 saturated carbocycles. The van der Waals surface area contributed by atoms with Crippen LogP contribution < -0.4 is 5.32 Å². The van der Waals surface area contributed by atoms with E-state index in [1.165, 1.54) is 0 Å². The lowest BCUT2D eigenvalue weighted by Gasteiger charge is -2.32. The van der Waals surface area contributed by atoms with E-state index in [9.17, 15) is 13.8 Å². The molecule has 1 N–H and O–H groups in total. The van der Waals surface area contributed by atoms with Gasteiger partial charge in [0.15, 0.2) is 0 Å². The molecule has 0 aromatic carbocycles. The number of nitrogens with zero attached hydrogens (tertiary/aromatic N) is 1. The van der Waals surface area contributed by atoms with Crippen LogP contribution in [-0.4, -0.2) is 52.1 Å². The molecule has 0 aliphatic carbocycles. The highest BCUT2D eigenvalue weighted by Gasteiger charge is 2.31. The lowest BCUT2D eigenvalue weighted by Crippen LogP contribution is -2.58. The fourth-order valence-corrected chi connectivity index (χ4v) is 2.44. The molecular weight excluding hydrogens is 240 g/mol. The van der Waals surface area contributed by atoms with Gasteiger partial charge >= 0.3 is 0 Å². The molecule has 98 valence electrons. The van der Waals surface area contributed by atoms with Crippen molar-refractivity contribution in [3.8, 4) is 0 Å². The van der Waals surface area contributed by atoms with E-state index in [-0.39, 0.29) is 24.4 Å². The highest BCUT2D eigenvalue weighted by molar-refractivity contribution is 7.84. The van der Waals surface area contributed by atoms with Crippen LogP contribution in [0.2, 0.25) is 0 Å². The highest BCUT2D eigenvalue weighted by Crippen LogP contribution is 2.08. The normalized spacial score (nSPS) is 22.5. The number of hydrogen-bond acceptors (Lipinski definition) is 3. The third-order valence-corrected chi connectivity index (χ3v) is 3.58. The first-order valence-corrected chi connectivity index (χ1v) is 7.65. The zero-order chi connectivity index (χ0) is 12.8. The quantitative estimate of drug-likeness (QED) is 0.724. The molecule has 0 aromatic rings. The van der Waals surface area contributed by atoms with Crippen molar-refractivity contribution < 1.29 is 13.8 Å². The summed E-state index contributed by atoms with van der Waals surface area (Å²) in [7, 11) is -0.841. The average molecular weight is 260 g/mol. The summed E-state index contributed by atoms with van der Waals surface area (Å²) in [4.78, 5) is 25.0. The van der Waals surface area contributed by atoms with Gasteiger partial charge < -0.3 is 10.2 Å². The second-order valence-corrected chi connectivity index (χ2v) is 5.85. The van der Waals surface area contributed by atoms with Crippen LogP contribution in [0, 0.1) is 0 Å². The summed E-state index contributed by atoms with van der Waals surface area (Å²) in [5.41, 5.74) is 0.